The van der Waals surface area contributed by atoms with Crippen LogP contribution < -0.4 is 5.32 Å². The molecule has 6 nitrogen and oxygen atoms in total. The van der Waals surface area contributed by atoms with E-state index in [4.69, 9.17) is 4.42 Å². The fourth-order valence-corrected chi connectivity index (χ4v) is 2.99. The molecule has 3 aromatic rings. The normalized spacial score (nSPS) is 10.7. The van der Waals surface area contributed by atoms with Gasteiger partial charge in [0.05, 0.1) is 19.4 Å². The third-order valence-corrected chi connectivity index (χ3v) is 4.40. The minimum Gasteiger partial charge on any atom is -0.468 e. The number of nitrogens with zero attached hydrogens (tertiary/aromatic N) is 2. The summed E-state index contributed by atoms with van der Waals surface area (Å²) in [5.41, 5.74) is 2.36. The molecule has 150 valence electrons. The molecule has 1 heterocycles. The smallest absolute Gasteiger partial charge is 0.253 e. The van der Waals surface area contributed by atoms with E-state index in [9.17, 15) is 9.59 Å². The minimum absolute atomic E-state index is 0.0737. The van der Waals surface area contributed by atoms with E-state index in [0.717, 1.165) is 11.3 Å². The minimum atomic E-state index is -0.126. The lowest BCUT2D eigenvalue weighted by molar-refractivity contribution is -0.117. The lowest BCUT2D eigenvalue weighted by Gasteiger charge is -2.21. The molecule has 29 heavy (non-hydrogen) atoms. The molecule has 0 radical (unpaired) electrons. The number of nitrogens with one attached hydrogen (secondary N) is 1. The predicted molar refractivity (Wildman–Crippen MR) is 112 cm³/mol. The van der Waals surface area contributed by atoms with E-state index in [2.05, 4.69) is 5.32 Å². The van der Waals surface area contributed by atoms with Crippen molar-refractivity contribution in [1.82, 2.24) is 9.80 Å². The van der Waals surface area contributed by atoms with Gasteiger partial charge in [-0.25, -0.2) is 0 Å². The number of carbonyl (C=O) groups excluding carboxylic acids is 2. The molecule has 1 N–H and O–H groups in total. The first-order valence-electron chi connectivity index (χ1n) is 9.41. The van der Waals surface area contributed by atoms with E-state index < -0.39 is 0 Å². The van der Waals surface area contributed by atoms with Crippen LogP contribution in [0.15, 0.2) is 77.4 Å². The second-order valence-electron chi connectivity index (χ2n) is 7.04. The van der Waals surface area contributed by atoms with Gasteiger partial charge in [0.25, 0.3) is 5.91 Å². The van der Waals surface area contributed by atoms with Gasteiger partial charge in [-0.3, -0.25) is 14.5 Å². The number of hydrogen-bond donors (Lipinski definition) is 1. The van der Waals surface area contributed by atoms with Crippen molar-refractivity contribution in [3.8, 4) is 0 Å². The molecule has 0 bridgehead atoms. The maximum absolute atomic E-state index is 12.6. The first kappa shape index (κ1) is 20.4. The zero-order valence-electron chi connectivity index (χ0n) is 16.7. The van der Waals surface area contributed by atoms with E-state index in [0.29, 0.717) is 24.3 Å². The molecule has 0 atom stereocenters. The van der Waals surface area contributed by atoms with E-state index in [-0.39, 0.29) is 18.4 Å². The SMILES string of the molecule is CN(C)C(=O)c1ccc(NC(=O)CN(Cc2ccccc2)Cc2ccco2)cc1. The Hall–Kier alpha value is -3.38. The van der Waals surface area contributed by atoms with E-state index in [1.165, 1.54) is 4.90 Å². The summed E-state index contributed by atoms with van der Waals surface area (Å²) in [4.78, 5) is 28.1. The summed E-state index contributed by atoms with van der Waals surface area (Å²) in [7, 11) is 3.41. The molecule has 2 aromatic carbocycles. The highest BCUT2D eigenvalue weighted by Gasteiger charge is 2.14. The zero-order valence-corrected chi connectivity index (χ0v) is 16.7. The zero-order chi connectivity index (χ0) is 20.6. The van der Waals surface area contributed by atoms with Crippen LogP contribution in [0.3, 0.4) is 0 Å². The summed E-state index contributed by atoms with van der Waals surface area (Å²) >= 11 is 0. The second kappa shape index (κ2) is 9.71. The van der Waals surface area contributed by atoms with Crippen LogP contribution in [-0.4, -0.2) is 42.3 Å². The highest BCUT2D eigenvalue weighted by Crippen LogP contribution is 2.13. The van der Waals surface area contributed by atoms with Crippen molar-refractivity contribution >= 4 is 17.5 Å². The molecule has 0 aliphatic heterocycles. The first-order chi connectivity index (χ1) is 14.0. The summed E-state index contributed by atoms with van der Waals surface area (Å²) in [6, 6.07) is 20.6. The fraction of sp³-hybridized carbons (Fsp3) is 0.217. The van der Waals surface area contributed by atoms with Crippen LogP contribution in [0.4, 0.5) is 5.69 Å². The van der Waals surface area contributed by atoms with Crippen LogP contribution in [-0.2, 0) is 17.9 Å². The molecule has 0 saturated heterocycles. The second-order valence-corrected chi connectivity index (χ2v) is 7.04. The van der Waals surface area contributed by atoms with Crippen molar-refractivity contribution in [3.63, 3.8) is 0 Å². The Morgan fingerprint density at radius 2 is 1.62 bits per heavy atom. The van der Waals surface area contributed by atoms with Gasteiger partial charge in [0, 0.05) is 31.9 Å². The molecule has 6 heteroatoms. The summed E-state index contributed by atoms with van der Waals surface area (Å²) in [5, 5.41) is 2.90. The van der Waals surface area contributed by atoms with Gasteiger partial charge in [-0.2, -0.15) is 0 Å². The molecule has 0 saturated carbocycles. The van der Waals surface area contributed by atoms with Crippen molar-refractivity contribution in [2.45, 2.75) is 13.1 Å². The molecular formula is C23H25N3O3. The number of benzene rings is 2. The number of anilines is 1. The third-order valence-electron chi connectivity index (χ3n) is 4.40. The Morgan fingerprint density at radius 3 is 2.24 bits per heavy atom. The lowest BCUT2D eigenvalue weighted by atomic mass is 10.2. The molecular weight excluding hydrogens is 366 g/mol. The molecule has 0 unspecified atom stereocenters. The molecule has 0 aliphatic carbocycles. The Kier molecular flexibility index (Phi) is 6.81. The highest BCUT2D eigenvalue weighted by atomic mass is 16.3. The van der Waals surface area contributed by atoms with Crippen LogP contribution in [0.25, 0.3) is 0 Å². The van der Waals surface area contributed by atoms with Crippen molar-refractivity contribution < 1.29 is 14.0 Å². The van der Waals surface area contributed by atoms with Gasteiger partial charge >= 0.3 is 0 Å². The quantitative estimate of drug-likeness (QED) is 0.637. The topological polar surface area (TPSA) is 65.8 Å². The summed E-state index contributed by atoms with van der Waals surface area (Å²) in [6.07, 6.45) is 1.63. The van der Waals surface area contributed by atoms with Gasteiger partial charge in [0.2, 0.25) is 5.91 Å². The largest absolute Gasteiger partial charge is 0.468 e. The number of furan rings is 1. The number of amides is 2. The Morgan fingerprint density at radius 1 is 0.897 bits per heavy atom. The number of carbonyl (C=O) groups is 2. The fourth-order valence-electron chi connectivity index (χ4n) is 2.99. The van der Waals surface area contributed by atoms with Gasteiger partial charge in [0.15, 0.2) is 0 Å². The van der Waals surface area contributed by atoms with Crippen LogP contribution in [0.1, 0.15) is 21.7 Å². The van der Waals surface area contributed by atoms with E-state index >= 15 is 0 Å². The summed E-state index contributed by atoms with van der Waals surface area (Å²) in [6.45, 7) is 1.38. The number of hydrogen-bond acceptors (Lipinski definition) is 4. The van der Waals surface area contributed by atoms with Crippen LogP contribution in [0.5, 0.6) is 0 Å². The predicted octanol–water partition coefficient (Wildman–Crippen LogP) is 3.62. The van der Waals surface area contributed by atoms with Gasteiger partial charge in [-0.1, -0.05) is 30.3 Å². The van der Waals surface area contributed by atoms with Gasteiger partial charge in [-0.05, 0) is 42.0 Å². The van der Waals surface area contributed by atoms with Gasteiger partial charge in [0.1, 0.15) is 5.76 Å². The van der Waals surface area contributed by atoms with E-state index in [1.807, 2.05) is 47.4 Å². The third kappa shape index (κ3) is 6.05. The average Bonchev–Trinajstić information content (AvgIpc) is 3.21. The molecule has 0 spiro atoms. The van der Waals surface area contributed by atoms with Crippen molar-refractivity contribution in [2.75, 3.05) is 26.0 Å². The molecule has 0 aliphatic rings. The van der Waals surface area contributed by atoms with Gasteiger partial charge < -0.3 is 14.6 Å². The monoisotopic (exact) mass is 391 g/mol. The maximum atomic E-state index is 12.6. The lowest BCUT2D eigenvalue weighted by Crippen LogP contribution is -2.32. The number of rotatable bonds is 8. The molecule has 0 fully saturated rings. The maximum Gasteiger partial charge on any atom is 0.253 e. The Labute approximate surface area is 170 Å². The molecule has 1 aromatic heterocycles. The first-order valence-corrected chi connectivity index (χ1v) is 9.41. The Balaban J connectivity index is 1.63. The van der Waals surface area contributed by atoms with Crippen LogP contribution >= 0.6 is 0 Å². The van der Waals surface area contributed by atoms with Crippen molar-refractivity contribution in [2.24, 2.45) is 0 Å². The molecule has 3 rings (SSSR count). The molecule has 2 amide bonds. The van der Waals surface area contributed by atoms with Crippen molar-refractivity contribution in [3.05, 3.63) is 89.9 Å². The highest BCUT2D eigenvalue weighted by molar-refractivity contribution is 5.96. The van der Waals surface area contributed by atoms with Gasteiger partial charge in [-0.15, -0.1) is 0 Å². The van der Waals surface area contributed by atoms with E-state index in [1.54, 1.807) is 44.6 Å². The standard InChI is InChI=1S/C23H25N3O3/c1-25(2)23(28)19-10-12-20(13-11-19)24-22(27)17-26(16-21-9-6-14-29-21)15-18-7-4-3-5-8-18/h3-14H,15-17H2,1-2H3,(H,24,27). The van der Waals surface area contributed by atoms with Crippen molar-refractivity contribution in [1.29, 1.82) is 0 Å². The summed E-state index contributed by atoms with van der Waals surface area (Å²) in [5.74, 6) is 0.606. The van der Waals surface area contributed by atoms with Crippen LogP contribution in [0.2, 0.25) is 0 Å². The van der Waals surface area contributed by atoms with Crippen LogP contribution in [0, 0.1) is 0 Å². The summed E-state index contributed by atoms with van der Waals surface area (Å²) < 4.78 is 5.45. The Bertz CT molecular complexity index is 920. The average molecular weight is 391 g/mol.